The predicted octanol–water partition coefficient (Wildman–Crippen LogP) is 2.35. The highest BCUT2D eigenvalue weighted by Crippen LogP contribution is 2.31. The second-order valence-electron chi connectivity index (χ2n) is 5.69. The molecule has 2 atom stereocenters. The highest BCUT2D eigenvalue weighted by atomic mass is 16.5. The first-order valence-corrected chi connectivity index (χ1v) is 7.53. The fourth-order valence-corrected chi connectivity index (χ4v) is 2.87. The van der Waals surface area contributed by atoms with Crippen LogP contribution in [0.15, 0.2) is 18.2 Å². The minimum atomic E-state index is 0.237. The quantitative estimate of drug-likeness (QED) is 0.868. The smallest absolute Gasteiger partial charge is 0.162 e. The topological polar surface area (TPSA) is 58.7 Å². The van der Waals surface area contributed by atoms with Gasteiger partial charge < -0.3 is 15.6 Å². The molecule has 2 unspecified atom stereocenters. The third-order valence-corrected chi connectivity index (χ3v) is 4.06. The fraction of sp³-hybridized carbons (Fsp3) is 0.625. The van der Waals surface area contributed by atoms with Crippen molar-refractivity contribution in [3.63, 3.8) is 0 Å². The number of likely N-dealkylation sites (tertiary alicyclic amines) is 1. The molecule has 1 heterocycles. The predicted molar refractivity (Wildman–Crippen MR) is 80.9 cm³/mol. The van der Waals surface area contributed by atoms with Gasteiger partial charge in [-0.3, -0.25) is 4.90 Å². The van der Waals surface area contributed by atoms with Crippen LogP contribution in [0.25, 0.3) is 0 Å². The van der Waals surface area contributed by atoms with Crippen LogP contribution in [0, 0.1) is 5.92 Å². The summed E-state index contributed by atoms with van der Waals surface area (Å²) in [4.78, 5) is 2.38. The molecule has 1 saturated heterocycles. The number of ether oxygens (including phenoxy) is 1. The van der Waals surface area contributed by atoms with Crippen molar-refractivity contribution in [1.82, 2.24) is 4.90 Å². The van der Waals surface area contributed by atoms with Gasteiger partial charge in [0.05, 0.1) is 6.61 Å². The van der Waals surface area contributed by atoms with Gasteiger partial charge in [-0.2, -0.15) is 0 Å². The molecule has 0 aliphatic carbocycles. The Morgan fingerprint density at radius 1 is 1.50 bits per heavy atom. The zero-order valence-corrected chi connectivity index (χ0v) is 12.5. The first-order chi connectivity index (χ1) is 9.61. The van der Waals surface area contributed by atoms with E-state index in [4.69, 9.17) is 10.5 Å². The zero-order chi connectivity index (χ0) is 14.5. The number of hydrogen-bond donors (Lipinski definition) is 2. The SMILES string of the molecule is CCOc1cccc(CN2CCCC(C(C)N)C2)c1O. The zero-order valence-electron chi connectivity index (χ0n) is 12.5. The minimum Gasteiger partial charge on any atom is -0.504 e. The maximum absolute atomic E-state index is 10.2. The second kappa shape index (κ2) is 6.95. The molecular formula is C16H26N2O2. The Kier molecular flexibility index (Phi) is 5.26. The summed E-state index contributed by atoms with van der Waals surface area (Å²) in [7, 11) is 0. The molecule has 0 bridgehead atoms. The first-order valence-electron chi connectivity index (χ1n) is 7.53. The van der Waals surface area contributed by atoms with Gasteiger partial charge in [-0.1, -0.05) is 12.1 Å². The van der Waals surface area contributed by atoms with Crippen molar-refractivity contribution in [1.29, 1.82) is 0 Å². The normalized spacial score (nSPS) is 21.6. The Morgan fingerprint density at radius 3 is 3.00 bits per heavy atom. The van der Waals surface area contributed by atoms with Crippen LogP contribution >= 0.6 is 0 Å². The van der Waals surface area contributed by atoms with Gasteiger partial charge in [0, 0.05) is 24.7 Å². The fourth-order valence-electron chi connectivity index (χ4n) is 2.87. The van der Waals surface area contributed by atoms with Gasteiger partial charge in [-0.05, 0) is 45.2 Å². The summed E-state index contributed by atoms with van der Waals surface area (Å²) >= 11 is 0. The molecule has 1 aromatic carbocycles. The number of benzene rings is 1. The van der Waals surface area contributed by atoms with Crippen LogP contribution in [0.5, 0.6) is 11.5 Å². The van der Waals surface area contributed by atoms with E-state index in [-0.39, 0.29) is 11.8 Å². The number of phenols is 1. The third kappa shape index (κ3) is 3.64. The van der Waals surface area contributed by atoms with E-state index in [0.717, 1.165) is 25.2 Å². The summed E-state index contributed by atoms with van der Waals surface area (Å²) in [6.45, 7) is 7.41. The van der Waals surface area contributed by atoms with E-state index >= 15 is 0 Å². The number of nitrogens with zero attached hydrogens (tertiary/aromatic N) is 1. The van der Waals surface area contributed by atoms with Crippen LogP contribution in [-0.4, -0.2) is 35.7 Å². The largest absolute Gasteiger partial charge is 0.504 e. The summed E-state index contributed by atoms with van der Waals surface area (Å²) in [5.74, 6) is 1.41. The van der Waals surface area contributed by atoms with E-state index in [1.807, 2.05) is 25.1 Å². The van der Waals surface area contributed by atoms with Crippen molar-refractivity contribution in [2.24, 2.45) is 11.7 Å². The molecule has 20 heavy (non-hydrogen) atoms. The highest BCUT2D eigenvalue weighted by Gasteiger charge is 2.23. The summed E-state index contributed by atoms with van der Waals surface area (Å²) in [6.07, 6.45) is 2.39. The molecule has 1 fully saturated rings. The molecule has 1 aromatic rings. The average molecular weight is 278 g/mol. The van der Waals surface area contributed by atoms with Crippen molar-refractivity contribution in [2.75, 3.05) is 19.7 Å². The Hall–Kier alpha value is -1.26. The van der Waals surface area contributed by atoms with Crippen LogP contribution in [-0.2, 0) is 6.54 Å². The molecule has 0 spiro atoms. The number of phenolic OH excluding ortho intramolecular Hbond substituents is 1. The monoisotopic (exact) mass is 278 g/mol. The first kappa shape index (κ1) is 15.1. The number of para-hydroxylation sites is 1. The Labute approximate surface area is 121 Å². The van der Waals surface area contributed by atoms with E-state index in [1.54, 1.807) is 0 Å². The molecule has 0 aromatic heterocycles. The lowest BCUT2D eigenvalue weighted by Crippen LogP contribution is -2.41. The number of nitrogens with two attached hydrogens (primary N) is 1. The Balaban J connectivity index is 2.04. The molecule has 1 aliphatic heterocycles. The minimum absolute atomic E-state index is 0.237. The molecule has 4 nitrogen and oxygen atoms in total. The highest BCUT2D eigenvalue weighted by molar-refractivity contribution is 5.45. The number of rotatable bonds is 5. The molecule has 4 heteroatoms. The van der Waals surface area contributed by atoms with Crippen LogP contribution < -0.4 is 10.5 Å². The van der Waals surface area contributed by atoms with Gasteiger partial charge in [-0.15, -0.1) is 0 Å². The molecular weight excluding hydrogens is 252 g/mol. The summed E-state index contributed by atoms with van der Waals surface area (Å²) in [5, 5.41) is 10.2. The second-order valence-corrected chi connectivity index (χ2v) is 5.69. The van der Waals surface area contributed by atoms with E-state index in [2.05, 4.69) is 11.8 Å². The van der Waals surface area contributed by atoms with Gasteiger partial charge in [0.1, 0.15) is 0 Å². The van der Waals surface area contributed by atoms with Gasteiger partial charge in [-0.25, -0.2) is 0 Å². The standard InChI is InChI=1S/C16H26N2O2/c1-3-20-15-8-4-6-14(16(15)19)11-18-9-5-7-13(10-18)12(2)17/h4,6,8,12-13,19H,3,5,7,9-11,17H2,1-2H3. The van der Waals surface area contributed by atoms with E-state index < -0.39 is 0 Å². The lowest BCUT2D eigenvalue weighted by molar-refractivity contribution is 0.153. The number of piperidine rings is 1. The van der Waals surface area contributed by atoms with Crippen LogP contribution in [0.3, 0.4) is 0 Å². The van der Waals surface area contributed by atoms with Gasteiger partial charge in [0.2, 0.25) is 0 Å². The average Bonchev–Trinajstić information content (AvgIpc) is 2.44. The van der Waals surface area contributed by atoms with Crippen LogP contribution in [0.1, 0.15) is 32.3 Å². The lowest BCUT2D eigenvalue weighted by Gasteiger charge is -2.34. The van der Waals surface area contributed by atoms with Crippen molar-refractivity contribution in [3.05, 3.63) is 23.8 Å². The molecule has 0 amide bonds. The molecule has 112 valence electrons. The Bertz CT molecular complexity index is 434. The maximum Gasteiger partial charge on any atom is 0.162 e. The third-order valence-electron chi connectivity index (χ3n) is 4.06. The molecule has 2 rings (SSSR count). The lowest BCUT2D eigenvalue weighted by atomic mass is 9.92. The Morgan fingerprint density at radius 2 is 2.30 bits per heavy atom. The molecule has 1 aliphatic rings. The van der Waals surface area contributed by atoms with Gasteiger partial charge in [0.25, 0.3) is 0 Å². The molecule has 0 saturated carbocycles. The van der Waals surface area contributed by atoms with E-state index in [9.17, 15) is 5.11 Å². The van der Waals surface area contributed by atoms with Crippen LogP contribution in [0.2, 0.25) is 0 Å². The number of hydrogen-bond acceptors (Lipinski definition) is 4. The van der Waals surface area contributed by atoms with Crippen molar-refractivity contribution in [3.8, 4) is 11.5 Å². The van der Waals surface area contributed by atoms with Crippen LogP contribution in [0.4, 0.5) is 0 Å². The van der Waals surface area contributed by atoms with Gasteiger partial charge in [0.15, 0.2) is 11.5 Å². The summed E-state index contributed by atoms with van der Waals surface area (Å²) < 4.78 is 5.44. The van der Waals surface area contributed by atoms with Crippen molar-refractivity contribution >= 4 is 0 Å². The molecule has 3 N–H and O–H groups in total. The van der Waals surface area contributed by atoms with E-state index in [1.165, 1.54) is 12.8 Å². The van der Waals surface area contributed by atoms with E-state index in [0.29, 0.717) is 18.3 Å². The summed E-state index contributed by atoms with van der Waals surface area (Å²) in [5.41, 5.74) is 6.95. The van der Waals surface area contributed by atoms with Crippen molar-refractivity contribution in [2.45, 2.75) is 39.3 Å². The van der Waals surface area contributed by atoms with Crippen molar-refractivity contribution < 1.29 is 9.84 Å². The van der Waals surface area contributed by atoms with Gasteiger partial charge >= 0.3 is 0 Å². The summed E-state index contributed by atoms with van der Waals surface area (Å²) in [6, 6.07) is 5.95. The number of aromatic hydroxyl groups is 1. The molecule has 0 radical (unpaired) electrons. The maximum atomic E-state index is 10.2.